The van der Waals surface area contributed by atoms with Crippen molar-refractivity contribution in [1.29, 1.82) is 0 Å². The molecule has 7 heteroatoms. The van der Waals surface area contributed by atoms with Crippen LogP contribution in [0.5, 0.6) is 0 Å². The number of hydrogen-bond donors (Lipinski definition) is 2. The first-order valence-corrected chi connectivity index (χ1v) is 7.27. The number of aromatic nitrogens is 3. The zero-order valence-corrected chi connectivity index (χ0v) is 12.1. The van der Waals surface area contributed by atoms with Crippen LogP contribution in [0.4, 0.5) is 10.8 Å². The van der Waals surface area contributed by atoms with Crippen molar-refractivity contribution in [3.8, 4) is 0 Å². The molecule has 6 nitrogen and oxygen atoms in total. The second kappa shape index (κ2) is 5.84. The van der Waals surface area contributed by atoms with Crippen molar-refractivity contribution in [2.24, 2.45) is 0 Å². The summed E-state index contributed by atoms with van der Waals surface area (Å²) < 4.78 is 3.72. The number of carbonyl (C=O) groups is 1. The van der Waals surface area contributed by atoms with Gasteiger partial charge in [0.25, 0.3) is 5.91 Å². The summed E-state index contributed by atoms with van der Waals surface area (Å²) in [6, 6.07) is 7.70. The molecule has 1 aromatic carbocycles. The van der Waals surface area contributed by atoms with Crippen LogP contribution in [0.1, 0.15) is 17.3 Å². The second-order valence-electron chi connectivity index (χ2n) is 4.33. The Kier molecular flexibility index (Phi) is 3.74. The lowest BCUT2D eigenvalue weighted by Crippen LogP contribution is -2.12. The second-order valence-corrected chi connectivity index (χ2v) is 5.12. The first kappa shape index (κ1) is 13.4. The van der Waals surface area contributed by atoms with Gasteiger partial charge in [0.15, 0.2) is 0 Å². The van der Waals surface area contributed by atoms with Gasteiger partial charge >= 0.3 is 0 Å². The van der Waals surface area contributed by atoms with Gasteiger partial charge in [0.2, 0.25) is 0 Å². The number of benzene rings is 1. The molecule has 0 radical (unpaired) electrons. The van der Waals surface area contributed by atoms with E-state index in [4.69, 9.17) is 0 Å². The monoisotopic (exact) mass is 299 g/mol. The molecule has 3 aromatic rings. The van der Waals surface area contributed by atoms with Crippen LogP contribution < -0.4 is 10.6 Å². The number of anilines is 2. The van der Waals surface area contributed by atoms with Gasteiger partial charge in [0.1, 0.15) is 10.8 Å². The number of nitrogens with zero attached hydrogens (tertiary/aromatic N) is 3. The molecular weight excluding hydrogens is 286 g/mol. The summed E-state index contributed by atoms with van der Waals surface area (Å²) in [5.74, 6) is 0.567. The summed E-state index contributed by atoms with van der Waals surface area (Å²) in [6.45, 7) is 2.78. The van der Waals surface area contributed by atoms with Crippen molar-refractivity contribution >= 4 is 39.0 Å². The van der Waals surface area contributed by atoms with Crippen LogP contribution in [0.3, 0.4) is 0 Å². The van der Waals surface area contributed by atoms with Crippen molar-refractivity contribution < 1.29 is 4.79 Å². The fourth-order valence-electron chi connectivity index (χ4n) is 2.08. The predicted molar refractivity (Wildman–Crippen MR) is 83.8 cm³/mol. The van der Waals surface area contributed by atoms with E-state index >= 15 is 0 Å². The third-order valence-corrected chi connectivity index (χ3v) is 3.56. The van der Waals surface area contributed by atoms with Crippen molar-refractivity contribution in [1.82, 2.24) is 14.6 Å². The topological polar surface area (TPSA) is 79.8 Å². The van der Waals surface area contributed by atoms with Crippen molar-refractivity contribution in [2.75, 3.05) is 17.2 Å². The van der Waals surface area contributed by atoms with Crippen LogP contribution in [0.15, 0.2) is 36.7 Å². The number of fused-ring (bicyclic) bond motifs is 1. The highest BCUT2D eigenvalue weighted by molar-refractivity contribution is 7.10. The Balaban J connectivity index is 2.03. The number of rotatable bonds is 4. The number of amides is 1. The molecule has 1 amide bonds. The molecule has 0 spiro atoms. The van der Waals surface area contributed by atoms with E-state index in [1.54, 1.807) is 6.20 Å². The highest BCUT2D eigenvalue weighted by Crippen LogP contribution is 2.25. The van der Waals surface area contributed by atoms with Crippen LogP contribution in [0, 0.1) is 0 Å². The molecule has 0 aliphatic rings. The van der Waals surface area contributed by atoms with Gasteiger partial charge in [-0.2, -0.15) is 0 Å². The minimum absolute atomic E-state index is 0.215. The third-order valence-electron chi connectivity index (χ3n) is 2.98. The average Bonchev–Trinajstić information content (AvgIpc) is 3.00. The summed E-state index contributed by atoms with van der Waals surface area (Å²) in [6.07, 6.45) is 3.11. The zero-order valence-electron chi connectivity index (χ0n) is 11.3. The molecule has 0 atom stereocenters. The number of hydrogen-bond acceptors (Lipinski definition) is 6. The van der Waals surface area contributed by atoms with E-state index in [2.05, 4.69) is 25.2 Å². The van der Waals surface area contributed by atoms with E-state index in [0.717, 1.165) is 34.7 Å². The minimum Gasteiger partial charge on any atom is -0.370 e. The smallest absolute Gasteiger partial charge is 0.258 e. The fourth-order valence-corrected chi connectivity index (χ4v) is 2.50. The molecule has 0 saturated heterocycles. The minimum atomic E-state index is -0.215. The van der Waals surface area contributed by atoms with Gasteiger partial charge in [-0.05, 0) is 12.3 Å². The Morgan fingerprint density at radius 3 is 2.76 bits per heavy atom. The third kappa shape index (κ3) is 2.68. The summed E-state index contributed by atoms with van der Waals surface area (Å²) in [7, 11) is 0. The SMILES string of the molecule is CCNc1ncc(C(=O)Nc2cnns2)c2ccccc12. The summed E-state index contributed by atoms with van der Waals surface area (Å²) in [4.78, 5) is 16.7. The molecule has 2 aromatic heterocycles. The Morgan fingerprint density at radius 2 is 2.05 bits per heavy atom. The van der Waals surface area contributed by atoms with Gasteiger partial charge in [0, 0.05) is 29.7 Å². The van der Waals surface area contributed by atoms with Crippen LogP contribution in [0.2, 0.25) is 0 Å². The molecule has 0 saturated carbocycles. The Labute approximate surface area is 125 Å². The van der Waals surface area contributed by atoms with E-state index in [1.165, 1.54) is 6.20 Å². The van der Waals surface area contributed by atoms with Crippen LogP contribution in [-0.4, -0.2) is 27.0 Å². The lowest BCUT2D eigenvalue weighted by atomic mass is 10.1. The quantitative estimate of drug-likeness (QED) is 0.774. The van der Waals surface area contributed by atoms with E-state index < -0.39 is 0 Å². The molecule has 0 fully saturated rings. The van der Waals surface area contributed by atoms with Gasteiger partial charge in [-0.1, -0.05) is 28.8 Å². The molecule has 3 rings (SSSR count). The fraction of sp³-hybridized carbons (Fsp3) is 0.143. The zero-order chi connectivity index (χ0) is 14.7. The van der Waals surface area contributed by atoms with Crippen LogP contribution in [0.25, 0.3) is 10.8 Å². The summed E-state index contributed by atoms with van der Waals surface area (Å²) in [5, 5.41) is 12.1. The molecule has 21 heavy (non-hydrogen) atoms. The first-order chi connectivity index (χ1) is 10.3. The van der Waals surface area contributed by atoms with Gasteiger partial charge < -0.3 is 10.6 Å². The lowest BCUT2D eigenvalue weighted by molar-refractivity contribution is 0.102. The average molecular weight is 299 g/mol. The molecule has 0 aliphatic heterocycles. The highest BCUT2D eigenvalue weighted by Gasteiger charge is 2.14. The maximum atomic E-state index is 12.4. The van der Waals surface area contributed by atoms with Crippen LogP contribution >= 0.6 is 11.5 Å². The van der Waals surface area contributed by atoms with E-state index in [1.807, 2.05) is 31.2 Å². The number of pyridine rings is 1. The van der Waals surface area contributed by atoms with E-state index in [-0.39, 0.29) is 5.91 Å². The van der Waals surface area contributed by atoms with Gasteiger partial charge in [-0.15, -0.1) is 5.10 Å². The molecule has 0 unspecified atom stereocenters. The highest BCUT2D eigenvalue weighted by atomic mass is 32.1. The maximum absolute atomic E-state index is 12.4. The molecule has 2 N–H and O–H groups in total. The Bertz CT molecular complexity index is 772. The first-order valence-electron chi connectivity index (χ1n) is 6.50. The molecular formula is C14H13N5OS. The molecule has 106 valence electrons. The summed E-state index contributed by atoms with van der Waals surface area (Å²) in [5.41, 5.74) is 0.528. The van der Waals surface area contributed by atoms with Gasteiger partial charge in [0.05, 0.1) is 11.8 Å². The maximum Gasteiger partial charge on any atom is 0.258 e. The summed E-state index contributed by atoms with van der Waals surface area (Å²) >= 11 is 1.14. The lowest BCUT2D eigenvalue weighted by Gasteiger charge is -2.10. The number of nitrogens with one attached hydrogen (secondary N) is 2. The van der Waals surface area contributed by atoms with Gasteiger partial charge in [-0.25, -0.2) is 4.98 Å². The molecule has 2 heterocycles. The Hall–Kier alpha value is -2.54. The Morgan fingerprint density at radius 1 is 1.24 bits per heavy atom. The van der Waals surface area contributed by atoms with Crippen molar-refractivity contribution in [3.63, 3.8) is 0 Å². The van der Waals surface area contributed by atoms with E-state index in [0.29, 0.717) is 10.6 Å². The van der Waals surface area contributed by atoms with E-state index in [9.17, 15) is 4.79 Å². The predicted octanol–water partition coefficient (Wildman–Crippen LogP) is 2.77. The normalized spacial score (nSPS) is 10.5. The van der Waals surface area contributed by atoms with Crippen molar-refractivity contribution in [3.05, 3.63) is 42.2 Å². The van der Waals surface area contributed by atoms with Crippen LogP contribution in [-0.2, 0) is 0 Å². The molecule has 0 aliphatic carbocycles. The van der Waals surface area contributed by atoms with Crippen molar-refractivity contribution in [2.45, 2.75) is 6.92 Å². The number of carbonyl (C=O) groups excluding carboxylic acids is 1. The standard InChI is InChI=1S/C14H13N5OS/c1-2-15-13-10-6-4-3-5-9(10)11(7-16-13)14(20)18-12-8-17-19-21-12/h3-8H,2H2,1H3,(H,15,16)(H,18,20). The molecule has 0 bridgehead atoms. The largest absolute Gasteiger partial charge is 0.370 e. The van der Waals surface area contributed by atoms with Gasteiger partial charge in [-0.3, -0.25) is 4.79 Å².